The van der Waals surface area contributed by atoms with E-state index in [0.29, 0.717) is 17.0 Å². The molecule has 32 heavy (non-hydrogen) atoms. The van der Waals surface area contributed by atoms with E-state index >= 15 is 0 Å². The number of nitrogens with zero attached hydrogens (tertiary/aromatic N) is 8. The predicted octanol–water partition coefficient (Wildman–Crippen LogP) is 3.51. The lowest BCUT2D eigenvalue weighted by Gasteiger charge is -2.49. The van der Waals surface area contributed by atoms with Crippen LogP contribution in [0, 0.1) is 18.3 Å². The maximum Gasteiger partial charge on any atom is 0.401 e. The lowest BCUT2D eigenvalue weighted by molar-refractivity contribution is -0.167. The number of imidazole rings is 1. The van der Waals surface area contributed by atoms with E-state index in [1.54, 1.807) is 35.7 Å². The molecule has 1 saturated heterocycles. The molecule has 12 heteroatoms. The van der Waals surface area contributed by atoms with Gasteiger partial charge in [0.1, 0.15) is 17.0 Å². The Balaban J connectivity index is 1.51. The van der Waals surface area contributed by atoms with Crippen LogP contribution in [0.5, 0.6) is 0 Å². The van der Waals surface area contributed by atoms with Gasteiger partial charge in [-0.2, -0.15) is 23.5 Å². The fourth-order valence-corrected chi connectivity index (χ4v) is 4.81. The summed E-state index contributed by atoms with van der Waals surface area (Å²) >= 11 is 1.52. The topological polar surface area (TPSA) is 87.9 Å². The molecule has 4 aromatic heterocycles. The van der Waals surface area contributed by atoms with Gasteiger partial charge in [0.2, 0.25) is 0 Å². The first-order chi connectivity index (χ1) is 15.3. The third kappa shape index (κ3) is 3.63. The predicted molar refractivity (Wildman–Crippen MR) is 111 cm³/mol. The number of hydrogen-bond donors (Lipinski definition) is 0. The molecule has 0 aliphatic carbocycles. The van der Waals surface area contributed by atoms with Crippen LogP contribution in [0.3, 0.4) is 0 Å². The largest absolute Gasteiger partial charge is 0.401 e. The van der Waals surface area contributed by atoms with Crippen LogP contribution in [-0.2, 0) is 5.54 Å². The molecule has 5 rings (SSSR count). The minimum Gasteiger partial charge on any atom is -0.290 e. The normalized spacial score (nSPS) is 16.2. The highest BCUT2D eigenvalue weighted by Gasteiger charge is 2.48. The fraction of sp³-hybridized carbons (Fsp3) is 0.350. The van der Waals surface area contributed by atoms with Crippen molar-refractivity contribution in [1.29, 1.82) is 5.26 Å². The van der Waals surface area contributed by atoms with E-state index in [4.69, 9.17) is 4.98 Å². The van der Waals surface area contributed by atoms with Crippen molar-refractivity contribution >= 4 is 17.0 Å². The quantitative estimate of drug-likeness (QED) is 0.455. The van der Waals surface area contributed by atoms with E-state index in [-0.39, 0.29) is 19.5 Å². The monoisotopic (exact) mass is 458 g/mol. The van der Waals surface area contributed by atoms with Crippen LogP contribution < -0.4 is 0 Å². The standard InChI is InChI=1S/C20H17F3N8S/c1-13-26-8-16(32-13)15-6-17-25-4-5-30(17)18(28-15)14-7-27-31(9-14)19(2-3-24)10-29(11-19)12-20(21,22)23/h4-9H,2,10-12H2,1H3. The molecule has 0 atom stereocenters. The number of nitriles is 1. The van der Waals surface area contributed by atoms with E-state index < -0.39 is 18.3 Å². The third-order valence-corrected chi connectivity index (χ3v) is 6.37. The molecule has 0 N–H and O–H groups in total. The number of aromatic nitrogens is 6. The van der Waals surface area contributed by atoms with Crippen molar-refractivity contribution in [2.45, 2.75) is 25.1 Å². The van der Waals surface area contributed by atoms with Crippen LogP contribution in [0.25, 0.3) is 27.6 Å². The van der Waals surface area contributed by atoms with Gasteiger partial charge in [0.05, 0.1) is 46.4 Å². The molecule has 0 spiro atoms. The van der Waals surface area contributed by atoms with E-state index in [1.807, 2.05) is 17.4 Å². The summed E-state index contributed by atoms with van der Waals surface area (Å²) in [5.41, 5.74) is 1.32. The zero-order chi connectivity index (χ0) is 22.5. The van der Waals surface area contributed by atoms with E-state index in [1.165, 1.54) is 16.2 Å². The first kappa shape index (κ1) is 20.6. The second-order valence-electron chi connectivity index (χ2n) is 7.86. The van der Waals surface area contributed by atoms with Crippen molar-refractivity contribution in [3.63, 3.8) is 0 Å². The highest BCUT2D eigenvalue weighted by Crippen LogP contribution is 2.35. The van der Waals surface area contributed by atoms with Gasteiger partial charge in [-0.15, -0.1) is 11.3 Å². The Morgan fingerprint density at radius 3 is 2.75 bits per heavy atom. The Morgan fingerprint density at radius 1 is 1.25 bits per heavy atom. The second kappa shape index (κ2) is 7.39. The highest BCUT2D eigenvalue weighted by molar-refractivity contribution is 7.15. The van der Waals surface area contributed by atoms with Crippen molar-refractivity contribution in [3.8, 4) is 28.0 Å². The number of aryl methyl sites for hydroxylation is 1. The van der Waals surface area contributed by atoms with Crippen molar-refractivity contribution < 1.29 is 13.2 Å². The molecule has 1 aliphatic rings. The van der Waals surface area contributed by atoms with Crippen molar-refractivity contribution in [2.75, 3.05) is 19.6 Å². The molecule has 164 valence electrons. The van der Waals surface area contributed by atoms with Gasteiger partial charge in [0.15, 0.2) is 0 Å². The SMILES string of the molecule is Cc1ncc(-c2cc3nccn3c(-c3cnn(C4(CC#N)CN(CC(F)(F)F)C4)c3)n2)s1. The van der Waals surface area contributed by atoms with Crippen LogP contribution in [0.15, 0.2) is 37.1 Å². The molecule has 5 heterocycles. The molecule has 0 unspecified atom stereocenters. The summed E-state index contributed by atoms with van der Waals surface area (Å²) in [6.07, 6.45) is 4.37. The molecule has 0 aromatic carbocycles. The van der Waals surface area contributed by atoms with Gasteiger partial charge < -0.3 is 0 Å². The highest BCUT2D eigenvalue weighted by atomic mass is 32.1. The Hall–Kier alpha value is -3.30. The maximum atomic E-state index is 12.7. The van der Waals surface area contributed by atoms with Gasteiger partial charge in [-0.25, -0.2) is 15.0 Å². The number of halogens is 3. The van der Waals surface area contributed by atoms with Crippen LogP contribution in [0.4, 0.5) is 13.2 Å². The zero-order valence-electron chi connectivity index (χ0n) is 16.9. The van der Waals surface area contributed by atoms with E-state index in [9.17, 15) is 18.4 Å². The summed E-state index contributed by atoms with van der Waals surface area (Å²) in [4.78, 5) is 15.6. The molecule has 1 aliphatic heterocycles. The van der Waals surface area contributed by atoms with Crippen LogP contribution in [0.1, 0.15) is 11.4 Å². The molecule has 0 saturated carbocycles. The van der Waals surface area contributed by atoms with Crippen molar-refractivity contribution in [1.82, 2.24) is 34.0 Å². The Kier molecular flexibility index (Phi) is 4.75. The molecule has 0 radical (unpaired) electrons. The number of likely N-dealkylation sites (tertiary alicyclic amines) is 1. The Labute approximate surface area is 184 Å². The summed E-state index contributed by atoms with van der Waals surface area (Å²) < 4.78 is 41.6. The average molecular weight is 458 g/mol. The second-order valence-corrected chi connectivity index (χ2v) is 9.09. The minimum absolute atomic E-state index is 0.0660. The van der Waals surface area contributed by atoms with Crippen LogP contribution in [-0.4, -0.2) is 59.8 Å². The smallest absolute Gasteiger partial charge is 0.290 e. The van der Waals surface area contributed by atoms with Crippen molar-refractivity contribution in [3.05, 3.63) is 42.1 Å². The average Bonchev–Trinajstić information content (AvgIpc) is 3.44. The lowest BCUT2D eigenvalue weighted by Crippen LogP contribution is -2.64. The van der Waals surface area contributed by atoms with E-state index in [2.05, 4.69) is 21.1 Å². The fourth-order valence-electron chi connectivity index (χ4n) is 4.07. The van der Waals surface area contributed by atoms with Gasteiger partial charge in [0, 0.05) is 43.9 Å². The molecule has 1 fully saturated rings. The number of thiazole rings is 1. The van der Waals surface area contributed by atoms with Gasteiger partial charge >= 0.3 is 6.18 Å². The van der Waals surface area contributed by atoms with Gasteiger partial charge in [-0.1, -0.05) is 0 Å². The summed E-state index contributed by atoms with van der Waals surface area (Å²) in [6, 6.07) is 3.97. The van der Waals surface area contributed by atoms with Gasteiger partial charge in [-0.05, 0) is 6.92 Å². The van der Waals surface area contributed by atoms with Crippen LogP contribution >= 0.6 is 11.3 Å². The molecule has 0 bridgehead atoms. The number of fused-ring (bicyclic) bond motifs is 1. The maximum absolute atomic E-state index is 12.7. The third-order valence-electron chi connectivity index (χ3n) is 5.44. The summed E-state index contributed by atoms with van der Waals surface area (Å²) in [5, 5.41) is 14.6. The molecule has 8 nitrogen and oxygen atoms in total. The summed E-state index contributed by atoms with van der Waals surface area (Å²) in [7, 11) is 0. The Bertz CT molecular complexity index is 1320. The number of alkyl halides is 3. The minimum atomic E-state index is -4.28. The van der Waals surface area contributed by atoms with Crippen molar-refractivity contribution in [2.24, 2.45) is 0 Å². The zero-order valence-corrected chi connectivity index (χ0v) is 17.7. The van der Waals surface area contributed by atoms with Gasteiger partial charge in [0.25, 0.3) is 0 Å². The molecule has 0 amide bonds. The first-order valence-corrected chi connectivity index (χ1v) is 10.6. The lowest BCUT2D eigenvalue weighted by atomic mass is 9.87. The Morgan fingerprint density at radius 2 is 2.06 bits per heavy atom. The summed E-state index contributed by atoms with van der Waals surface area (Å²) in [6.45, 7) is 1.13. The van der Waals surface area contributed by atoms with E-state index in [0.717, 1.165) is 15.6 Å². The molecular formula is C20H17F3N8S. The number of rotatable bonds is 5. The molecular weight excluding hydrogens is 441 g/mol. The summed E-state index contributed by atoms with van der Waals surface area (Å²) in [5.74, 6) is 0.603. The van der Waals surface area contributed by atoms with Crippen LogP contribution in [0.2, 0.25) is 0 Å². The number of hydrogen-bond acceptors (Lipinski definition) is 7. The van der Waals surface area contributed by atoms with Gasteiger partial charge in [-0.3, -0.25) is 14.0 Å². The molecule has 4 aromatic rings. The first-order valence-electron chi connectivity index (χ1n) is 9.75.